The summed E-state index contributed by atoms with van der Waals surface area (Å²) in [6.45, 7) is 6.62. The zero-order valence-corrected chi connectivity index (χ0v) is 12.6. The van der Waals surface area contributed by atoms with E-state index in [0.717, 1.165) is 6.42 Å². The number of likely N-dealkylation sites (tertiary alicyclic amines) is 1. The molecule has 1 spiro atoms. The summed E-state index contributed by atoms with van der Waals surface area (Å²) in [5.74, 6) is -0.584. The second kappa shape index (κ2) is 4.62. The molecule has 6 heteroatoms. The van der Waals surface area contributed by atoms with Gasteiger partial charge in [-0.3, -0.25) is 0 Å². The molecule has 0 radical (unpaired) electrons. The maximum Gasteiger partial charge on any atom is 0.410 e. The van der Waals surface area contributed by atoms with Crippen LogP contribution in [0.2, 0.25) is 0 Å². The molecular formula is C14H23NO5. The molecule has 0 aromatic carbocycles. The Hall–Kier alpha value is -1.30. The van der Waals surface area contributed by atoms with Gasteiger partial charge in [0.15, 0.2) is 5.60 Å². The smallest absolute Gasteiger partial charge is 0.410 e. The SMILES string of the molecule is COC(=O)C1(O)CC2(CCN(C(=O)OC(C)(C)C)C2)C1. The largest absolute Gasteiger partial charge is 0.467 e. The molecule has 0 unspecified atom stereocenters. The molecule has 6 nitrogen and oxygen atoms in total. The summed E-state index contributed by atoms with van der Waals surface area (Å²) in [5.41, 5.74) is -2.06. The van der Waals surface area contributed by atoms with Crippen LogP contribution in [-0.4, -0.2) is 53.5 Å². The van der Waals surface area contributed by atoms with E-state index < -0.39 is 17.2 Å². The molecule has 20 heavy (non-hydrogen) atoms. The van der Waals surface area contributed by atoms with Crippen molar-refractivity contribution < 1.29 is 24.2 Å². The van der Waals surface area contributed by atoms with Crippen molar-refractivity contribution >= 4 is 12.1 Å². The molecule has 2 aliphatic rings. The number of carbonyl (C=O) groups is 2. The maximum atomic E-state index is 12.0. The summed E-state index contributed by atoms with van der Waals surface area (Å²) < 4.78 is 9.94. The predicted molar refractivity (Wildman–Crippen MR) is 71.1 cm³/mol. The molecular weight excluding hydrogens is 262 g/mol. The highest BCUT2D eigenvalue weighted by Gasteiger charge is 2.61. The highest BCUT2D eigenvalue weighted by molar-refractivity contribution is 5.81. The molecule has 1 aliphatic carbocycles. The van der Waals surface area contributed by atoms with Crippen molar-refractivity contribution in [3.05, 3.63) is 0 Å². The number of hydrogen-bond acceptors (Lipinski definition) is 5. The van der Waals surface area contributed by atoms with Gasteiger partial charge in [-0.1, -0.05) is 0 Å². The first-order valence-corrected chi connectivity index (χ1v) is 6.88. The summed E-state index contributed by atoms with van der Waals surface area (Å²) in [6, 6.07) is 0. The Morgan fingerprint density at radius 1 is 1.25 bits per heavy atom. The second-order valence-corrected chi connectivity index (χ2v) is 7.03. The van der Waals surface area contributed by atoms with E-state index in [-0.39, 0.29) is 11.5 Å². The number of rotatable bonds is 1. The van der Waals surface area contributed by atoms with Crippen LogP contribution >= 0.6 is 0 Å². The van der Waals surface area contributed by atoms with Gasteiger partial charge in [0.2, 0.25) is 0 Å². The van der Waals surface area contributed by atoms with Crippen LogP contribution in [0.1, 0.15) is 40.0 Å². The van der Waals surface area contributed by atoms with Gasteiger partial charge < -0.3 is 19.5 Å². The van der Waals surface area contributed by atoms with Crippen molar-refractivity contribution in [1.29, 1.82) is 0 Å². The van der Waals surface area contributed by atoms with Crippen LogP contribution in [-0.2, 0) is 14.3 Å². The number of nitrogens with zero attached hydrogens (tertiary/aromatic N) is 1. The van der Waals surface area contributed by atoms with Gasteiger partial charge in [-0.15, -0.1) is 0 Å². The van der Waals surface area contributed by atoms with E-state index in [4.69, 9.17) is 4.74 Å². The van der Waals surface area contributed by atoms with Gasteiger partial charge in [0.05, 0.1) is 7.11 Å². The van der Waals surface area contributed by atoms with E-state index >= 15 is 0 Å². The monoisotopic (exact) mass is 285 g/mol. The average Bonchev–Trinajstić information content (AvgIpc) is 2.69. The van der Waals surface area contributed by atoms with Crippen molar-refractivity contribution in [2.24, 2.45) is 5.41 Å². The fourth-order valence-electron chi connectivity index (χ4n) is 3.23. The Bertz CT molecular complexity index is 420. The third kappa shape index (κ3) is 2.75. The average molecular weight is 285 g/mol. The fourth-order valence-corrected chi connectivity index (χ4v) is 3.23. The fraction of sp³-hybridized carbons (Fsp3) is 0.857. The van der Waals surface area contributed by atoms with Crippen LogP contribution in [0, 0.1) is 5.41 Å². The molecule has 0 bridgehead atoms. The minimum absolute atomic E-state index is 0.167. The number of aliphatic hydroxyl groups is 1. The molecule has 1 amide bonds. The Morgan fingerprint density at radius 2 is 1.85 bits per heavy atom. The predicted octanol–water partition coefficient (Wildman–Crippen LogP) is 1.31. The zero-order chi connectivity index (χ0) is 15.2. The first kappa shape index (κ1) is 15.1. The highest BCUT2D eigenvalue weighted by atomic mass is 16.6. The van der Waals surface area contributed by atoms with Gasteiger partial charge in [-0.05, 0) is 45.4 Å². The van der Waals surface area contributed by atoms with Crippen molar-refractivity contribution in [3.8, 4) is 0 Å². The number of esters is 1. The minimum Gasteiger partial charge on any atom is -0.467 e. The second-order valence-electron chi connectivity index (χ2n) is 7.03. The molecule has 2 rings (SSSR count). The third-order valence-corrected chi connectivity index (χ3v) is 3.99. The van der Waals surface area contributed by atoms with E-state index in [2.05, 4.69) is 4.74 Å². The van der Waals surface area contributed by atoms with Crippen molar-refractivity contribution in [2.45, 2.75) is 51.2 Å². The quantitative estimate of drug-likeness (QED) is 0.735. The number of ether oxygens (including phenoxy) is 2. The topological polar surface area (TPSA) is 76.1 Å². The molecule has 0 atom stereocenters. The molecule has 1 N–H and O–H groups in total. The van der Waals surface area contributed by atoms with E-state index in [1.165, 1.54) is 7.11 Å². The lowest BCUT2D eigenvalue weighted by atomic mass is 9.58. The lowest BCUT2D eigenvalue weighted by molar-refractivity contribution is -0.189. The van der Waals surface area contributed by atoms with Crippen molar-refractivity contribution in [1.82, 2.24) is 4.90 Å². The molecule has 0 aromatic heterocycles. The number of carbonyl (C=O) groups excluding carboxylic acids is 2. The number of amides is 1. The van der Waals surface area contributed by atoms with Gasteiger partial charge in [-0.25, -0.2) is 9.59 Å². The molecule has 2 fully saturated rings. The van der Waals surface area contributed by atoms with Gasteiger partial charge in [0, 0.05) is 13.1 Å². The summed E-state index contributed by atoms with van der Waals surface area (Å²) in [4.78, 5) is 25.1. The zero-order valence-electron chi connectivity index (χ0n) is 12.6. The number of hydrogen-bond donors (Lipinski definition) is 1. The van der Waals surface area contributed by atoms with E-state index in [1.54, 1.807) is 4.90 Å². The lowest BCUT2D eigenvalue weighted by Crippen LogP contribution is -2.58. The van der Waals surface area contributed by atoms with Crippen LogP contribution < -0.4 is 0 Å². The lowest BCUT2D eigenvalue weighted by Gasteiger charge is -2.49. The standard InChI is InChI=1S/C14H23NO5/c1-12(2,3)20-11(17)15-6-5-13(9-15)7-14(18,8-13)10(16)19-4/h18H,5-9H2,1-4H3. The van der Waals surface area contributed by atoms with Crippen LogP contribution in [0.25, 0.3) is 0 Å². The van der Waals surface area contributed by atoms with Crippen LogP contribution in [0.5, 0.6) is 0 Å². The van der Waals surface area contributed by atoms with Crippen molar-refractivity contribution in [2.75, 3.05) is 20.2 Å². The summed E-state index contributed by atoms with van der Waals surface area (Å²) in [6.07, 6.45) is 1.16. The van der Waals surface area contributed by atoms with Crippen LogP contribution in [0.3, 0.4) is 0 Å². The first-order valence-electron chi connectivity index (χ1n) is 6.88. The summed E-state index contributed by atoms with van der Waals surface area (Å²) in [5, 5.41) is 10.1. The molecule has 0 aromatic rings. The molecule has 1 saturated heterocycles. The first-order chi connectivity index (χ1) is 9.09. The number of methoxy groups -OCH3 is 1. The molecule has 1 saturated carbocycles. The van der Waals surface area contributed by atoms with Gasteiger partial charge in [-0.2, -0.15) is 0 Å². The highest BCUT2D eigenvalue weighted by Crippen LogP contribution is 2.54. The summed E-state index contributed by atoms with van der Waals surface area (Å²) in [7, 11) is 1.27. The molecule has 114 valence electrons. The Morgan fingerprint density at radius 3 is 2.35 bits per heavy atom. The Balaban J connectivity index is 1.92. The van der Waals surface area contributed by atoms with Crippen molar-refractivity contribution in [3.63, 3.8) is 0 Å². The normalized spacial score (nSPS) is 33.0. The van der Waals surface area contributed by atoms with Gasteiger partial charge >= 0.3 is 12.1 Å². The van der Waals surface area contributed by atoms with E-state index in [9.17, 15) is 14.7 Å². The van der Waals surface area contributed by atoms with E-state index in [0.29, 0.717) is 25.9 Å². The molecule has 1 heterocycles. The maximum absolute atomic E-state index is 12.0. The Labute approximate surface area is 119 Å². The summed E-state index contributed by atoms with van der Waals surface area (Å²) >= 11 is 0. The Kier molecular flexibility index (Phi) is 3.48. The van der Waals surface area contributed by atoms with Crippen LogP contribution in [0.15, 0.2) is 0 Å². The molecule has 1 aliphatic heterocycles. The van der Waals surface area contributed by atoms with Gasteiger partial charge in [0.25, 0.3) is 0 Å². The van der Waals surface area contributed by atoms with Gasteiger partial charge in [0.1, 0.15) is 5.60 Å². The third-order valence-electron chi connectivity index (χ3n) is 3.99. The van der Waals surface area contributed by atoms with Crippen LogP contribution in [0.4, 0.5) is 4.79 Å². The minimum atomic E-state index is -1.38. The van der Waals surface area contributed by atoms with E-state index in [1.807, 2.05) is 20.8 Å².